The van der Waals surface area contributed by atoms with Crippen molar-refractivity contribution in [3.63, 3.8) is 0 Å². The second-order valence-electron chi connectivity index (χ2n) is 5.29. The van der Waals surface area contributed by atoms with Crippen molar-refractivity contribution in [3.8, 4) is 0 Å². The summed E-state index contributed by atoms with van der Waals surface area (Å²) in [4.78, 5) is 22.8. The minimum Gasteiger partial charge on any atom is -0.476 e. The molecule has 0 aliphatic rings. The monoisotopic (exact) mass is 366 g/mol. The molecule has 0 saturated heterocycles. The summed E-state index contributed by atoms with van der Waals surface area (Å²) in [6.07, 6.45) is 1.22. The molecule has 2 aromatic rings. The molecule has 0 fully saturated rings. The lowest BCUT2D eigenvalue weighted by molar-refractivity contribution is -0.123. The Morgan fingerprint density at radius 3 is 2.50 bits per heavy atom. The zero-order valence-corrected chi connectivity index (χ0v) is 13.7. The summed E-state index contributed by atoms with van der Waals surface area (Å²) < 4.78 is 2.15. The van der Waals surface area contributed by atoms with Crippen molar-refractivity contribution in [2.45, 2.75) is 25.9 Å². The summed E-state index contributed by atoms with van der Waals surface area (Å²) >= 11 is 3.37. The SMILES string of the molecule is CC(C)(NC(=O)Cn1cc(C(=O)O)nn1)c1ccc(Br)cc1. The average molecular weight is 367 g/mol. The predicted molar refractivity (Wildman–Crippen MR) is 82.3 cm³/mol. The number of aromatic carboxylic acids is 1. The van der Waals surface area contributed by atoms with Crippen LogP contribution in [0.2, 0.25) is 0 Å². The van der Waals surface area contributed by atoms with E-state index in [4.69, 9.17) is 5.11 Å². The Balaban J connectivity index is 2.03. The van der Waals surface area contributed by atoms with Gasteiger partial charge >= 0.3 is 5.97 Å². The van der Waals surface area contributed by atoms with Crippen LogP contribution in [0.5, 0.6) is 0 Å². The molecular weight excluding hydrogens is 352 g/mol. The van der Waals surface area contributed by atoms with Crippen molar-refractivity contribution in [3.05, 3.63) is 46.2 Å². The Morgan fingerprint density at radius 1 is 1.32 bits per heavy atom. The van der Waals surface area contributed by atoms with Gasteiger partial charge in [-0.25, -0.2) is 9.48 Å². The topological polar surface area (TPSA) is 97.1 Å². The summed E-state index contributed by atoms with van der Waals surface area (Å²) in [5.74, 6) is -1.46. The zero-order chi connectivity index (χ0) is 16.3. The van der Waals surface area contributed by atoms with Gasteiger partial charge in [0.1, 0.15) is 6.54 Å². The van der Waals surface area contributed by atoms with E-state index in [2.05, 4.69) is 31.6 Å². The molecule has 0 aliphatic heterocycles. The van der Waals surface area contributed by atoms with E-state index in [0.717, 1.165) is 10.0 Å². The highest BCUT2D eigenvalue weighted by molar-refractivity contribution is 9.10. The Hall–Kier alpha value is -2.22. The fourth-order valence-corrected chi connectivity index (χ4v) is 2.21. The Labute approximate surface area is 135 Å². The van der Waals surface area contributed by atoms with Crippen molar-refractivity contribution in [2.75, 3.05) is 0 Å². The maximum absolute atomic E-state index is 12.1. The van der Waals surface area contributed by atoms with Crippen LogP contribution in [0.3, 0.4) is 0 Å². The minimum absolute atomic E-state index is 0.0970. The number of hydrogen-bond acceptors (Lipinski definition) is 4. The highest BCUT2D eigenvalue weighted by Gasteiger charge is 2.23. The first-order valence-corrected chi connectivity index (χ1v) is 7.28. The third kappa shape index (κ3) is 3.91. The Bertz CT molecular complexity index is 694. The molecule has 2 N–H and O–H groups in total. The lowest BCUT2D eigenvalue weighted by Gasteiger charge is -2.27. The fourth-order valence-electron chi connectivity index (χ4n) is 1.95. The van der Waals surface area contributed by atoms with Gasteiger partial charge in [-0.05, 0) is 31.5 Å². The first-order chi connectivity index (χ1) is 10.3. The summed E-state index contributed by atoms with van der Waals surface area (Å²) in [6, 6.07) is 7.64. The van der Waals surface area contributed by atoms with Gasteiger partial charge in [-0.3, -0.25) is 4.79 Å². The van der Waals surface area contributed by atoms with E-state index in [-0.39, 0.29) is 18.1 Å². The lowest BCUT2D eigenvalue weighted by atomic mass is 9.94. The van der Waals surface area contributed by atoms with Gasteiger partial charge in [0.2, 0.25) is 5.91 Å². The average Bonchev–Trinajstić information content (AvgIpc) is 2.87. The molecule has 1 aromatic carbocycles. The van der Waals surface area contributed by atoms with Gasteiger partial charge < -0.3 is 10.4 Å². The molecule has 0 aliphatic carbocycles. The Morgan fingerprint density at radius 2 is 1.95 bits per heavy atom. The first-order valence-electron chi connectivity index (χ1n) is 6.48. The van der Waals surface area contributed by atoms with Crippen LogP contribution in [0.4, 0.5) is 0 Å². The number of carbonyl (C=O) groups is 2. The highest BCUT2D eigenvalue weighted by atomic mass is 79.9. The summed E-state index contributed by atoms with van der Waals surface area (Å²) in [5, 5.41) is 18.7. The molecule has 8 heteroatoms. The normalized spacial score (nSPS) is 11.2. The number of amides is 1. The van der Waals surface area contributed by atoms with Crippen LogP contribution in [0.15, 0.2) is 34.9 Å². The number of aromatic nitrogens is 3. The van der Waals surface area contributed by atoms with Crippen molar-refractivity contribution >= 4 is 27.8 Å². The lowest BCUT2D eigenvalue weighted by Crippen LogP contribution is -2.42. The fraction of sp³-hybridized carbons (Fsp3) is 0.286. The van der Waals surface area contributed by atoms with Crippen LogP contribution < -0.4 is 5.32 Å². The minimum atomic E-state index is -1.18. The van der Waals surface area contributed by atoms with Crippen LogP contribution >= 0.6 is 15.9 Å². The summed E-state index contributed by atoms with van der Waals surface area (Å²) in [5.41, 5.74) is 0.197. The number of carboxylic acid groups (broad SMARTS) is 1. The van der Waals surface area contributed by atoms with Crippen molar-refractivity contribution in [2.24, 2.45) is 0 Å². The number of hydrogen-bond donors (Lipinski definition) is 2. The van der Waals surface area contributed by atoms with Crippen LogP contribution in [0.1, 0.15) is 29.9 Å². The number of nitrogens with zero attached hydrogens (tertiary/aromatic N) is 3. The first kappa shape index (κ1) is 16.2. The second kappa shape index (κ2) is 6.27. The van der Waals surface area contributed by atoms with Gasteiger partial charge in [-0.1, -0.05) is 33.3 Å². The quantitative estimate of drug-likeness (QED) is 0.840. The largest absolute Gasteiger partial charge is 0.476 e. The van der Waals surface area contributed by atoms with Crippen LogP contribution in [-0.2, 0) is 16.9 Å². The Kier molecular flexibility index (Phi) is 4.60. The molecule has 22 heavy (non-hydrogen) atoms. The van der Waals surface area contributed by atoms with E-state index in [1.165, 1.54) is 10.9 Å². The molecular formula is C14H15BrN4O3. The van der Waals surface area contributed by atoms with Crippen LogP contribution in [0.25, 0.3) is 0 Å². The standard InChI is InChI=1S/C14H15BrN4O3/c1-14(2,9-3-5-10(15)6-4-9)16-12(20)8-19-7-11(13(21)22)17-18-19/h3-7H,8H2,1-2H3,(H,16,20)(H,21,22). The molecule has 1 heterocycles. The smallest absolute Gasteiger partial charge is 0.358 e. The van der Waals surface area contributed by atoms with Crippen LogP contribution in [0, 0.1) is 0 Å². The molecule has 0 unspecified atom stereocenters. The third-order valence-electron chi connectivity index (χ3n) is 3.08. The van der Waals surface area contributed by atoms with Gasteiger partial charge in [-0.15, -0.1) is 5.10 Å². The van der Waals surface area contributed by atoms with Crippen molar-refractivity contribution < 1.29 is 14.7 Å². The molecule has 0 atom stereocenters. The van der Waals surface area contributed by atoms with Crippen molar-refractivity contribution in [1.29, 1.82) is 0 Å². The van der Waals surface area contributed by atoms with Gasteiger partial charge in [0.15, 0.2) is 5.69 Å². The van der Waals surface area contributed by atoms with E-state index >= 15 is 0 Å². The summed E-state index contributed by atoms with van der Waals surface area (Å²) in [6.45, 7) is 3.68. The molecule has 0 saturated carbocycles. The van der Waals surface area contributed by atoms with E-state index in [0.29, 0.717) is 0 Å². The molecule has 0 spiro atoms. The zero-order valence-electron chi connectivity index (χ0n) is 12.1. The number of carboxylic acids is 1. The molecule has 116 valence electrons. The summed E-state index contributed by atoms with van der Waals surface area (Å²) in [7, 11) is 0. The highest BCUT2D eigenvalue weighted by Crippen LogP contribution is 2.22. The maximum Gasteiger partial charge on any atom is 0.358 e. The number of rotatable bonds is 5. The molecule has 2 rings (SSSR count). The molecule has 1 aromatic heterocycles. The van der Waals surface area contributed by atoms with Gasteiger partial charge in [0, 0.05) is 4.47 Å². The molecule has 0 bridgehead atoms. The number of halogens is 1. The second-order valence-corrected chi connectivity index (χ2v) is 6.20. The van der Waals surface area contributed by atoms with Gasteiger partial charge in [0.05, 0.1) is 11.7 Å². The van der Waals surface area contributed by atoms with E-state index in [1.807, 2.05) is 38.1 Å². The van der Waals surface area contributed by atoms with E-state index < -0.39 is 11.5 Å². The number of benzene rings is 1. The van der Waals surface area contributed by atoms with E-state index in [9.17, 15) is 9.59 Å². The number of nitrogens with one attached hydrogen (secondary N) is 1. The van der Waals surface area contributed by atoms with Gasteiger partial charge in [0.25, 0.3) is 0 Å². The van der Waals surface area contributed by atoms with E-state index in [1.54, 1.807) is 0 Å². The maximum atomic E-state index is 12.1. The predicted octanol–water partition coefficient (Wildman–Crippen LogP) is 1.79. The third-order valence-corrected chi connectivity index (χ3v) is 3.61. The van der Waals surface area contributed by atoms with Crippen LogP contribution in [-0.4, -0.2) is 32.0 Å². The molecule has 1 amide bonds. The number of carbonyl (C=O) groups excluding carboxylic acids is 1. The van der Waals surface area contributed by atoms with Crippen molar-refractivity contribution in [1.82, 2.24) is 20.3 Å². The molecule has 0 radical (unpaired) electrons. The van der Waals surface area contributed by atoms with Gasteiger partial charge in [-0.2, -0.15) is 0 Å². The molecule has 7 nitrogen and oxygen atoms in total.